The van der Waals surface area contributed by atoms with Crippen molar-refractivity contribution in [2.45, 2.75) is 48.8 Å². The van der Waals surface area contributed by atoms with Crippen LogP contribution in [0.4, 0.5) is 0 Å². The van der Waals surface area contributed by atoms with Crippen LogP contribution in [0.1, 0.15) is 38.5 Å². The van der Waals surface area contributed by atoms with Gasteiger partial charge in [0.25, 0.3) is 0 Å². The minimum atomic E-state index is 0.427. The van der Waals surface area contributed by atoms with Crippen molar-refractivity contribution in [3.05, 3.63) is 0 Å². The summed E-state index contributed by atoms with van der Waals surface area (Å²) in [5, 5.41) is 2.50. The highest BCUT2D eigenvalue weighted by atomic mass is 32.1. The van der Waals surface area contributed by atoms with E-state index in [1.807, 2.05) is 0 Å². The molecule has 4 aliphatic rings. The van der Waals surface area contributed by atoms with Crippen LogP contribution in [0.2, 0.25) is 0 Å². The van der Waals surface area contributed by atoms with Gasteiger partial charge in [0.2, 0.25) is 0 Å². The molecule has 74 valence electrons. The Morgan fingerprint density at radius 3 is 2.23 bits per heavy atom. The maximum atomic E-state index is 4.94. The third kappa shape index (κ3) is 1.18. The third-order valence-corrected chi connectivity index (χ3v) is 5.21. The molecule has 0 heterocycles. The van der Waals surface area contributed by atoms with Gasteiger partial charge in [0, 0.05) is 24.0 Å². The van der Waals surface area contributed by atoms with Gasteiger partial charge in [0.1, 0.15) is 0 Å². The lowest BCUT2D eigenvalue weighted by molar-refractivity contribution is -0.715. The van der Waals surface area contributed by atoms with Crippen molar-refractivity contribution in [2.75, 3.05) is 7.05 Å². The molecule has 4 atom stereocenters. The molecule has 4 saturated carbocycles. The molecule has 0 saturated heterocycles. The van der Waals surface area contributed by atoms with Crippen LogP contribution in [0.5, 0.6) is 0 Å². The number of hydrogen-bond acceptors (Lipinski definition) is 1. The van der Waals surface area contributed by atoms with E-state index in [-0.39, 0.29) is 0 Å². The summed E-state index contributed by atoms with van der Waals surface area (Å²) in [5.41, 5.74) is 0.603. The van der Waals surface area contributed by atoms with Crippen molar-refractivity contribution in [2.24, 2.45) is 11.8 Å². The van der Waals surface area contributed by atoms with E-state index in [0.717, 1.165) is 11.8 Å². The summed E-state index contributed by atoms with van der Waals surface area (Å²) in [6, 6.07) is 0. The smallest absolute Gasteiger partial charge is 0.0977 e. The maximum Gasteiger partial charge on any atom is 0.0977 e. The molecule has 0 amide bonds. The van der Waals surface area contributed by atoms with E-state index in [0.29, 0.717) is 10.3 Å². The Labute approximate surface area is 86.1 Å². The van der Waals surface area contributed by atoms with Crippen molar-refractivity contribution in [1.29, 1.82) is 0 Å². The van der Waals surface area contributed by atoms with Gasteiger partial charge in [-0.05, 0) is 31.1 Å². The van der Waals surface area contributed by atoms with Crippen molar-refractivity contribution in [3.8, 4) is 0 Å². The standard InChI is InChI=1S/C11H19NS/c1-12-10-3-8-2-9(4-10)6-11(13,5-8)7-10/h8-9,12-13H,2-7H2,1H3/p+1/t8-,9+,10?,11?. The van der Waals surface area contributed by atoms with Gasteiger partial charge in [0.05, 0.1) is 12.6 Å². The highest BCUT2D eigenvalue weighted by Gasteiger charge is 2.58. The van der Waals surface area contributed by atoms with Crippen molar-refractivity contribution >= 4 is 12.6 Å². The summed E-state index contributed by atoms with van der Waals surface area (Å²) < 4.78 is 0.427. The highest BCUT2D eigenvalue weighted by molar-refractivity contribution is 7.81. The molecule has 4 fully saturated rings. The predicted molar refractivity (Wildman–Crippen MR) is 57.0 cm³/mol. The second-order valence-electron chi connectivity index (χ2n) is 5.84. The number of quaternary nitrogens is 1. The second-order valence-corrected chi connectivity index (χ2v) is 6.79. The van der Waals surface area contributed by atoms with Gasteiger partial charge in [-0.3, -0.25) is 0 Å². The summed E-state index contributed by atoms with van der Waals surface area (Å²) in [6.07, 6.45) is 8.64. The highest BCUT2D eigenvalue weighted by Crippen LogP contribution is 2.58. The molecule has 0 radical (unpaired) electrons. The molecule has 2 heteroatoms. The zero-order valence-corrected chi connectivity index (χ0v) is 9.32. The minimum Gasteiger partial charge on any atom is -0.344 e. The van der Waals surface area contributed by atoms with E-state index in [4.69, 9.17) is 12.6 Å². The van der Waals surface area contributed by atoms with Gasteiger partial charge < -0.3 is 5.32 Å². The molecule has 4 aliphatic carbocycles. The molecule has 0 aliphatic heterocycles. The first-order chi connectivity index (χ1) is 6.13. The van der Waals surface area contributed by atoms with Crippen LogP contribution >= 0.6 is 12.6 Å². The summed E-state index contributed by atoms with van der Waals surface area (Å²) in [4.78, 5) is 0. The molecule has 2 unspecified atom stereocenters. The predicted octanol–water partition coefficient (Wildman–Crippen LogP) is 1.20. The monoisotopic (exact) mass is 198 g/mol. The fourth-order valence-electron chi connectivity index (χ4n) is 4.62. The average molecular weight is 198 g/mol. The number of rotatable bonds is 1. The molecule has 0 aromatic heterocycles. The van der Waals surface area contributed by atoms with E-state index >= 15 is 0 Å². The normalized spacial score (nSPS) is 58.6. The van der Waals surface area contributed by atoms with Crippen LogP contribution in [-0.2, 0) is 0 Å². The van der Waals surface area contributed by atoms with Crippen molar-refractivity contribution in [1.82, 2.24) is 0 Å². The average Bonchev–Trinajstić information content (AvgIpc) is 1.99. The van der Waals surface area contributed by atoms with Gasteiger partial charge in [-0.1, -0.05) is 0 Å². The Morgan fingerprint density at radius 2 is 1.77 bits per heavy atom. The van der Waals surface area contributed by atoms with Crippen LogP contribution in [0, 0.1) is 11.8 Å². The first-order valence-electron chi connectivity index (χ1n) is 5.66. The zero-order chi connectivity index (χ0) is 9.10. The fourth-order valence-corrected chi connectivity index (χ4v) is 5.45. The minimum absolute atomic E-state index is 0.427. The fraction of sp³-hybridized carbons (Fsp3) is 1.00. The van der Waals surface area contributed by atoms with E-state index in [1.165, 1.54) is 38.5 Å². The van der Waals surface area contributed by atoms with Gasteiger partial charge in [-0.25, -0.2) is 0 Å². The Kier molecular flexibility index (Phi) is 1.63. The molecule has 4 rings (SSSR count). The SMILES string of the molecule is C[NH2+]C12C[C@@H]3C[C@@H](CC(S)(C3)C1)C2. The van der Waals surface area contributed by atoms with Crippen molar-refractivity contribution in [3.63, 3.8) is 0 Å². The summed E-state index contributed by atoms with van der Waals surface area (Å²) >= 11 is 4.94. The van der Waals surface area contributed by atoms with Crippen LogP contribution < -0.4 is 5.32 Å². The molecule has 0 aromatic carbocycles. The number of thiol groups is 1. The van der Waals surface area contributed by atoms with E-state index in [9.17, 15) is 0 Å². The molecular formula is C11H20NS+. The van der Waals surface area contributed by atoms with E-state index in [1.54, 1.807) is 0 Å². The van der Waals surface area contributed by atoms with Crippen LogP contribution in [0.15, 0.2) is 0 Å². The van der Waals surface area contributed by atoms with Crippen LogP contribution in [0.25, 0.3) is 0 Å². The van der Waals surface area contributed by atoms with E-state index < -0.39 is 0 Å². The quantitative estimate of drug-likeness (QED) is 0.589. The second kappa shape index (κ2) is 2.46. The molecule has 0 spiro atoms. The van der Waals surface area contributed by atoms with Gasteiger partial charge in [-0.15, -0.1) is 0 Å². The summed E-state index contributed by atoms with van der Waals surface area (Å²) in [7, 11) is 2.27. The molecule has 2 N–H and O–H groups in total. The summed E-state index contributed by atoms with van der Waals surface area (Å²) in [6.45, 7) is 0. The topological polar surface area (TPSA) is 16.6 Å². The Hall–Kier alpha value is 0.310. The number of hydrogen-bond donors (Lipinski definition) is 2. The Morgan fingerprint density at radius 1 is 1.15 bits per heavy atom. The zero-order valence-electron chi connectivity index (χ0n) is 8.42. The van der Waals surface area contributed by atoms with Gasteiger partial charge >= 0.3 is 0 Å². The first-order valence-corrected chi connectivity index (χ1v) is 6.11. The maximum absolute atomic E-state index is 4.94. The largest absolute Gasteiger partial charge is 0.344 e. The van der Waals surface area contributed by atoms with Crippen LogP contribution in [-0.4, -0.2) is 17.3 Å². The van der Waals surface area contributed by atoms with Gasteiger partial charge in [-0.2, -0.15) is 12.6 Å². The lowest BCUT2D eigenvalue weighted by Crippen LogP contribution is -2.96. The molecule has 0 aromatic rings. The first kappa shape index (κ1) is 8.60. The Balaban J connectivity index is 1.95. The molecular weight excluding hydrogens is 178 g/mol. The molecule has 1 nitrogen and oxygen atoms in total. The lowest BCUT2D eigenvalue weighted by atomic mass is 9.52. The lowest BCUT2D eigenvalue weighted by Gasteiger charge is -2.58. The molecule has 13 heavy (non-hydrogen) atoms. The number of nitrogens with two attached hydrogens (primary N) is 1. The summed E-state index contributed by atoms with van der Waals surface area (Å²) in [5.74, 6) is 2.02. The van der Waals surface area contributed by atoms with Gasteiger partial charge in [0.15, 0.2) is 0 Å². The van der Waals surface area contributed by atoms with Crippen LogP contribution in [0.3, 0.4) is 0 Å². The van der Waals surface area contributed by atoms with E-state index in [2.05, 4.69) is 12.4 Å². The molecule has 4 bridgehead atoms. The van der Waals surface area contributed by atoms with Crippen molar-refractivity contribution < 1.29 is 5.32 Å². The Bertz CT molecular complexity index is 224. The third-order valence-electron chi connectivity index (χ3n) is 4.69.